The first-order chi connectivity index (χ1) is 28.2. The molecule has 298 valence electrons. The van der Waals surface area contributed by atoms with E-state index < -0.39 is 6.03 Å². The molecule has 0 atom stereocenters. The number of benzene rings is 4. The van der Waals surface area contributed by atoms with Crippen molar-refractivity contribution in [2.45, 2.75) is 33.1 Å². The molecule has 0 spiro atoms. The van der Waals surface area contributed by atoms with Gasteiger partial charge < -0.3 is 29.6 Å². The van der Waals surface area contributed by atoms with Crippen LogP contribution in [0.1, 0.15) is 58.3 Å². The van der Waals surface area contributed by atoms with Gasteiger partial charge in [-0.1, -0.05) is 61.7 Å². The van der Waals surface area contributed by atoms with Crippen molar-refractivity contribution in [1.82, 2.24) is 25.1 Å². The summed E-state index contributed by atoms with van der Waals surface area (Å²) in [6.07, 6.45) is 7.67. The highest BCUT2D eigenvalue weighted by Gasteiger charge is 2.17. The van der Waals surface area contributed by atoms with Gasteiger partial charge in [-0.25, -0.2) is 14.5 Å². The van der Waals surface area contributed by atoms with E-state index in [1.54, 1.807) is 48.3 Å². The second-order valence-corrected chi connectivity index (χ2v) is 13.7. The summed E-state index contributed by atoms with van der Waals surface area (Å²) < 4.78 is 23.9. The molecule has 0 bridgehead atoms. The van der Waals surface area contributed by atoms with Crippen molar-refractivity contribution in [2.75, 3.05) is 57.3 Å². The number of terminal acetylenes is 1. The molecule has 58 heavy (non-hydrogen) atoms. The van der Waals surface area contributed by atoms with Gasteiger partial charge in [-0.05, 0) is 60.9 Å². The number of carbonyl (C=O) groups excluding carboxylic acids is 2. The predicted molar refractivity (Wildman–Crippen MR) is 224 cm³/mol. The number of methoxy groups -OCH3 is 1. The summed E-state index contributed by atoms with van der Waals surface area (Å²) >= 11 is 0. The summed E-state index contributed by atoms with van der Waals surface area (Å²) in [4.78, 5) is 35.6. The topological polar surface area (TPSA) is 151 Å². The molecule has 6 aromatic rings. The van der Waals surface area contributed by atoms with Crippen LogP contribution in [0.4, 0.5) is 16.3 Å². The molecule has 0 aliphatic heterocycles. The number of carbonyl (C=O) groups is 2. The van der Waals surface area contributed by atoms with Crippen LogP contribution in [0.3, 0.4) is 0 Å². The standard InChI is InChI=1S/C45H47N7O6/c1-6-32-25-33(27-34(26-32)44(53)47-19-20-56-23-24-57-22-21-55-5)28-41-46-18-17-43(49-41)58-40-16-15-38(36-9-7-8-10-37(36)40)48-45(54)50-42-29-39(30(2)3)51-52(42)35-13-11-31(4)12-14-35/h1,7-18,25-27,29-30H,19-24,28H2,2-5H3,(H,47,53)(H2,48,50,54). The molecule has 0 radical (unpaired) electrons. The van der Waals surface area contributed by atoms with Gasteiger partial charge in [-0.15, -0.1) is 6.42 Å². The van der Waals surface area contributed by atoms with Crippen LogP contribution in [0.5, 0.6) is 11.6 Å². The van der Waals surface area contributed by atoms with Crippen LogP contribution in [0.15, 0.2) is 97.2 Å². The van der Waals surface area contributed by atoms with Crippen molar-refractivity contribution in [3.63, 3.8) is 0 Å². The van der Waals surface area contributed by atoms with Crippen molar-refractivity contribution >= 4 is 34.2 Å². The van der Waals surface area contributed by atoms with Crippen LogP contribution in [-0.4, -0.2) is 78.4 Å². The molecule has 0 aliphatic carbocycles. The Morgan fingerprint density at radius 2 is 1.62 bits per heavy atom. The maximum Gasteiger partial charge on any atom is 0.324 e. The first-order valence-electron chi connectivity index (χ1n) is 19.0. The molecule has 0 saturated heterocycles. The molecule has 2 aromatic heterocycles. The first-order valence-corrected chi connectivity index (χ1v) is 19.0. The fourth-order valence-electron chi connectivity index (χ4n) is 6.02. The maximum atomic E-state index is 13.5. The fraction of sp³-hybridized carbons (Fsp3) is 0.267. The summed E-state index contributed by atoms with van der Waals surface area (Å²) in [6.45, 7) is 8.71. The minimum absolute atomic E-state index is 0.170. The van der Waals surface area contributed by atoms with Gasteiger partial charge in [-0.3, -0.25) is 10.1 Å². The quantitative estimate of drug-likeness (QED) is 0.0590. The van der Waals surface area contributed by atoms with E-state index in [-0.39, 0.29) is 11.8 Å². The number of ether oxygens (including phenoxy) is 4. The average molecular weight is 782 g/mol. The van der Waals surface area contributed by atoms with Gasteiger partial charge in [0.25, 0.3) is 5.91 Å². The Labute approximate surface area is 338 Å². The van der Waals surface area contributed by atoms with Gasteiger partial charge in [0.1, 0.15) is 17.4 Å². The number of anilines is 2. The van der Waals surface area contributed by atoms with Gasteiger partial charge in [0.2, 0.25) is 5.88 Å². The Hall–Kier alpha value is -6.59. The minimum atomic E-state index is -0.415. The van der Waals surface area contributed by atoms with E-state index in [0.717, 1.165) is 33.3 Å². The number of hydrogen-bond acceptors (Lipinski definition) is 9. The van der Waals surface area contributed by atoms with Gasteiger partial charge in [-0.2, -0.15) is 10.1 Å². The molecular weight excluding hydrogens is 735 g/mol. The number of aryl methyl sites for hydroxylation is 1. The minimum Gasteiger partial charge on any atom is -0.438 e. The van der Waals surface area contributed by atoms with E-state index in [1.165, 1.54) is 0 Å². The zero-order valence-electron chi connectivity index (χ0n) is 33.1. The summed E-state index contributed by atoms with van der Waals surface area (Å²) in [6, 6.07) is 27.6. The number of hydrogen-bond donors (Lipinski definition) is 3. The molecule has 0 saturated carbocycles. The van der Waals surface area contributed by atoms with Crippen LogP contribution < -0.4 is 20.7 Å². The number of fused-ring (bicyclic) bond motifs is 1. The van der Waals surface area contributed by atoms with Crippen molar-refractivity contribution in [3.8, 4) is 29.7 Å². The van der Waals surface area contributed by atoms with Crippen LogP contribution in [-0.2, 0) is 20.6 Å². The molecule has 0 aliphatic rings. The predicted octanol–water partition coefficient (Wildman–Crippen LogP) is 7.67. The van der Waals surface area contributed by atoms with Gasteiger partial charge in [0, 0.05) is 60.3 Å². The molecule has 3 N–H and O–H groups in total. The van der Waals surface area contributed by atoms with E-state index in [9.17, 15) is 9.59 Å². The Kier molecular flexibility index (Phi) is 14.2. The molecular formula is C45H47N7O6. The Balaban J connectivity index is 1.11. The summed E-state index contributed by atoms with van der Waals surface area (Å²) in [5.74, 6) is 4.43. The summed E-state index contributed by atoms with van der Waals surface area (Å²) in [5.41, 5.74) is 5.18. The molecule has 0 fully saturated rings. The number of urea groups is 1. The van der Waals surface area contributed by atoms with E-state index in [4.69, 9.17) is 30.5 Å². The van der Waals surface area contributed by atoms with Crippen LogP contribution in [0, 0.1) is 19.3 Å². The highest BCUT2D eigenvalue weighted by molar-refractivity contribution is 6.07. The number of rotatable bonds is 18. The monoisotopic (exact) mass is 781 g/mol. The Morgan fingerprint density at radius 1 is 0.862 bits per heavy atom. The largest absolute Gasteiger partial charge is 0.438 e. The SMILES string of the molecule is C#Cc1cc(Cc2nccc(Oc3ccc(NC(=O)Nc4cc(C(C)C)nn4-c4ccc(C)cc4)c4ccccc34)n2)cc(C(=O)NCCOCCOCCOC)c1. The lowest BCUT2D eigenvalue weighted by molar-refractivity contribution is 0.0255. The highest BCUT2D eigenvalue weighted by Crippen LogP contribution is 2.34. The molecule has 4 aromatic carbocycles. The molecule has 2 heterocycles. The molecule has 13 nitrogen and oxygen atoms in total. The zero-order chi connectivity index (χ0) is 40.9. The fourth-order valence-corrected chi connectivity index (χ4v) is 6.02. The third-order valence-corrected chi connectivity index (χ3v) is 8.99. The van der Waals surface area contributed by atoms with Gasteiger partial charge in [0.05, 0.1) is 50.1 Å². The first kappa shape index (κ1) is 41.1. The van der Waals surface area contributed by atoms with Gasteiger partial charge >= 0.3 is 6.03 Å². The number of amides is 3. The average Bonchev–Trinajstić information content (AvgIpc) is 3.65. The smallest absolute Gasteiger partial charge is 0.324 e. The Morgan fingerprint density at radius 3 is 2.38 bits per heavy atom. The normalized spacial score (nSPS) is 11.0. The molecule has 3 amide bonds. The van der Waals surface area contributed by atoms with Crippen molar-refractivity contribution in [1.29, 1.82) is 0 Å². The highest BCUT2D eigenvalue weighted by atomic mass is 16.5. The van der Waals surface area contributed by atoms with Crippen LogP contribution >= 0.6 is 0 Å². The van der Waals surface area contributed by atoms with E-state index in [2.05, 4.69) is 45.7 Å². The van der Waals surface area contributed by atoms with E-state index >= 15 is 0 Å². The summed E-state index contributed by atoms with van der Waals surface area (Å²) in [5, 5.41) is 15.2. The third-order valence-electron chi connectivity index (χ3n) is 8.99. The third kappa shape index (κ3) is 11.0. The molecule has 6 rings (SSSR count). The number of nitrogens with zero attached hydrogens (tertiary/aromatic N) is 4. The van der Waals surface area contributed by atoms with Crippen molar-refractivity contribution in [3.05, 3.63) is 131 Å². The Bertz CT molecular complexity index is 2390. The van der Waals surface area contributed by atoms with E-state index in [1.807, 2.05) is 67.6 Å². The number of aromatic nitrogens is 4. The summed E-state index contributed by atoms with van der Waals surface area (Å²) in [7, 11) is 1.62. The lowest BCUT2D eigenvalue weighted by Crippen LogP contribution is -2.28. The lowest BCUT2D eigenvalue weighted by atomic mass is 10.0. The zero-order valence-corrected chi connectivity index (χ0v) is 33.1. The van der Waals surface area contributed by atoms with Crippen LogP contribution in [0.25, 0.3) is 16.5 Å². The van der Waals surface area contributed by atoms with Gasteiger partial charge in [0.15, 0.2) is 0 Å². The maximum absolute atomic E-state index is 13.5. The lowest BCUT2D eigenvalue weighted by Gasteiger charge is -2.14. The second kappa shape index (κ2) is 20.0. The van der Waals surface area contributed by atoms with Crippen molar-refractivity contribution < 1.29 is 28.5 Å². The molecule has 0 unspecified atom stereocenters. The number of nitrogens with one attached hydrogen (secondary N) is 3. The van der Waals surface area contributed by atoms with Crippen molar-refractivity contribution in [2.24, 2.45) is 0 Å². The van der Waals surface area contributed by atoms with Crippen LogP contribution in [0.2, 0.25) is 0 Å². The molecule has 13 heteroatoms. The second-order valence-electron chi connectivity index (χ2n) is 13.7. The van der Waals surface area contributed by atoms with E-state index in [0.29, 0.717) is 86.1 Å².